The van der Waals surface area contributed by atoms with Crippen LogP contribution in [-0.4, -0.2) is 21.3 Å². The molecule has 0 aromatic carbocycles. The molecule has 2 aromatic rings. The topological polar surface area (TPSA) is 76.7 Å². The van der Waals surface area contributed by atoms with Crippen LogP contribution >= 0.6 is 39.0 Å². The number of hydrogen-bond donors (Lipinski definition) is 2. The van der Waals surface area contributed by atoms with Gasteiger partial charge in [-0.1, -0.05) is 11.8 Å². The van der Waals surface area contributed by atoms with Crippen molar-refractivity contribution in [2.45, 2.75) is 30.3 Å². The number of aromatic nitrogens is 3. The Morgan fingerprint density at radius 3 is 2.89 bits per heavy atom. The summed E-state index contributed by atoms with van der Waals surface area (Å²) in [6.45, 7) is 4.41. The van der Waals surface area contributed by atoms with Crippen LogP contribution in [0.25, 0.3) is 0 Å². The summed E-state index contributed by atoms with van der Waals surface area (Å²) in [5.74, 6) is 0. The summed E-state index contributed by atoms with van der Waals surface area (Å²) in [5, 5.41) is 9.39. The van der Waals surface area contributed by atoms with Gasteiger partial charge in [-0.2, -0.15) is 0 Å². The fraction of sp³-hybridized carbons (Fsp3) is 0.455. The van der Waals surface area contributed by atoms with Crippen LogP contribution < -0.4 is 11.4 Å². The molecule has 2 heterocycles. The molecule has 0 saturated carbocycles. The van der Waals surface area contributed by atoms with E-state index in [9.17, 15) is 4.79 Å². The monoisotopic (exact) mass is 362 g/mol. The van der Waals surface area contributed by atoms with Crippen molar-refractivity contribution in [3.8, 4) is 0 Å². The van der Waals surface area contributed by atoms with E-state index in [2.05, 4.69) is 32.2 Å². The largest absolute Gasteiger partial charge is 0.344 e. The Morgan fingerprint density at radius 1 is 1.63 bits per heavy atom. The molecule has 0 aliphatic heterocycles. The number of thioether (sulfide) groups is 1. The van der Waals surface area contributed by atoms with Crippen molar-refractivity contribution in [2.75, 3.05) is 6.54 Å². The van der Waals surface area contributed by atoms with Crippen LogP contribution in [0, 0.1) is 0 Å². The summed E-state index contributed by atoms with van der Waals surface area (Å²) in [6, 6.07) is 2.13. The van der Waals surface area contributed by atoms with Crippen LogP contribution in [0.15, 0.2) is 25.9 Å². The summed E-state index contributed by atoms with van der Waals surface area (Å²) < 4.78 is 2.70. The zero-order valence-electron chi connectivity index (χ0n) is 10.6. The smallest absolute Gasteiger partial charge is 0.329 e. The van der Waals surface area contributed by atoms with Crippen molar-refractivity contribution in [2.24, 2.45) is 5.73 Å². The van der Waals surface area contributed by atoms with E-state index in [1.165, 1.54) is 16.6 Å². The Labute approximate surface area is 127 Å². The highest BCUT2D eigenvalue weighted by Gasteiger charge is 2.19. The highest BCUT2D eigenvalue weighted by atomic mass is 79.9. The molecular weight excluding hydrogens is 348 g/mol. The van der Waals surface area contributed by atoms with Crippen LogP contribution in [0.4, 0.5) is 0 Å². The minimum atomic E-state index is -0.180. The van der Waals surface area contributed by atoms with Gasteiger partial charge in [-0.3, -0.25) is 4.57 Å². The second-order valence-corrected chi connectivity index (χ2v) is 7.31. The molecule has 5 nitrogen and oxygen atoms in total. The van der Waals surface area contributed by atoms with Crippen LogP contribution in [-0.2, 0) is 0 Å². The molecule has 104 valence electrons. The summed E-state index contributed by atoms with van der Waals surface area (Å²) in [6.07, 6.45) is 0. The predicted octanol–water partition coefficient (Wildman–Crippen LogP) is 2.77. The fourth-order valence-corrected chi connectivity index (χ4v) is 4.47. The van der Waals surface area contributed by atoms with E-state index in [-0.39, 0.29) is 17.0 Å². The van der Waals surface area contributed by atoms with Crippen molar-refractivity contribution in [3.05, 3.63) is 31.3 Å². The van der Waals surface area contributed by atoms with E-state index in [1.54, 1.807) is 15.9 Å². The fourth-order valence-electron chi connectivity index (χ4n) is 1.68. The van der Waals surface area contributed by atoms with Crippen molar-refractivity contribution >= 4 is 39.0 Å². The van der Waals surface area contributed by atoms with Crippen molar-refractivity contribution in [1.82, 2.24) is 14.8 Å². The van der Waals surface area contributed by atoms with E-state index >= 15 is 0 Å². The summed E-state index contributed by atoms with van der Waals surface area (Å²) in [5.41, 5.74) is 5.66. The van der Waals surface area contributed by atoms with Gasteiger partial charge in [0.2, 0.25) is 0 Å². The first kappa shape index (κ1) is 14.8. The molecule has 3 N–H and O–H groups in total. The first-order valence-electron chi connectivity index (χ1n) is 5.80. The molecule has 0 spiro atoms. The normalized spacial score (nSPS) is 13.1. The zero-order chi connectivity index (χ0) is 14.0. The molecule has 0 aliphatic rings. The number of hydrogen-bond acceptors (Lipinski definition) is 5. The molecule has 0 amide bonds. The number of aromatic amines is 1. The van der Waals surface area contributed by atoms with Gasteiger partial charge in [-0.15, -0.1) is 16.4 Å². The Bertz CT molecular complexity index is 604. The average molecular weight is 363 g/mol. The SMILES string of the molecule is CC(C)n1c(SC(CN)c2cc(Br)cs2)n[nH]c1=O. The number of nitrogens with zero attached hydrogens (tertiary/aromatic N) is 2. The molecule has 2 rings (SSSR count). The summed E-state index contributed by atoms with van der Waals surface area (Å²) >= 11 is 6.61. The lowest BCUT2D eigenvalue weighted by molar-refractivity contribution is 0.533. The molecule has 1 unspecified atom stereocenters. The van der Waals surface area contributed by atoms with E-state index in [4.69, 9.17) is 5.73 Å². The first-order valence-corrected chi connectivity index (χ1v) is 8.35. The third-order valence-electron chi connectivity index (χ3n) is 2.56. The summed E-state index contributed by atoms with van der Waals surface area (Å²) in [4.78, 5) is 12.9. The zero-order valence-corrected chi connectivity index (χ0v) is 13.8. The lowest BCUT2D eigenvalue weighted by Crippen LogP contribution is -2.20. The molecule has 0 aliphatic carbocycles. The number of rotatable bonds is 5. The van der Waals surface area contributed by atoms with Crippen molar-refractivity contribution in [1.29, 1.82) is 0 Å². The Balaban J connectivity index is 2.26. The number of nitrogens with one attached hydrogen (secondary N) is 1. The van der Waals surface area contributed by atoms with Crippen LogP contribution in [0.3, 0.4) is 0 Å². The van der Waals surface area contributed by atoms with Gasteiger partial charge in [0.05, 0.1) is 5.25 Å². The maximum atomic E-state index is 11.7. The van der Waals surface area contributed by atoms with Gasteiger partial charge in [-0.05, 0) is 35.8 Å². The third-order valence-corrected chi connectivity index (χ3v) is 5.74. The van der Waals surface area contributed by atoms with Gasteiger partial charge < -0.3 is 5.73 Å². The maximum Gasteiger partial charge on any atom is 0.344 e. The van der Waals surface area contributed by atoms with Gasteiger partial charge in [0.1, 0.15) is 0 Å². The first-order chi connectivity index (χ1) is 9.02. The molecule has 0 fully saturated rings. The Morgan fingerprint density at radius 2 is 2.37 bits per heavy atom. The molecular formula is C11H15BrN4OS2. The van der Waals surface area contributed by atoms with Crippen molar-refractivity contribution in [3.63, 3.8) is 0 Å². The van der Waals surface area contributed by atoms with Gasteiger partial charge in [0.15, 0.2) is 5.16 Å². The minimum absolute atomic E-state index is 0.0715. The molecule has 0 bridgehead atoms. The van der Waals surface area contributed by atoms with Gasteiger partial charge in [0.25, 0.3) is 0 Å². The van der Waals surface area contributed by atoms with Crippen molar-refractivity contribution < 1.29 is 0 Å². The highest BCUT2D eigenvalue weighted by molar-refractivity contribution is 9.10. The number of nitrogens with two attached hydrogens (primary N) is 1. The molecule has 8 heteroatoms. The quantitative estimate of drug-likeness (QED) is 0.801. The molecule has 19 heavy (non-hydrogen) atoms. The molecule has 2 aromatic heterocycles. The Hall–Kier alpha value is -0.570. The third kappa shape index (κ3) is 3.31. The standard InChI is InChI=1S/C11H15BrN4OS2/c1-6(2)16-10(17)14-15-11(16)19-9(4-13)8-3-7(12)5-18-8/h3,5-6,9H,4,13H2,1-2H3,(H,14,17). The number of H-pyrrole nitrogens is 1. The maximum absolute atomic E-state index is 11.7. The highest BCUT2D eigenvalue weighted by Crippen LogP contribution is 2.37. The molecule has 0 radical (unpaired) electrons. The van der Waals surface area contributed by atoms with E-state index in [0.717, 1.165) is 4.47 Å². The number of halogens is 1. The van der Waals surface area contributed by atoms with Gasteiger partial charge >= 0.3 is 5.69 Å². The van der Waals surface area contributed by atoms with Gasteiger partial charge in [0, 0.05) is 27.3 Å². The van der Waals surface area contributed by atoms with E-state index in [1.807, 2.05) is 19.2 Å². The van der Waals surface area contributed by atoms with Crippen LogP contribution in [0.5, 0.6) is 0 Å². The second-order valence-electron chi connectivity index (χ2n) is 4.28. The average Bonchev–Trinajstić information content (AvgIpc) is 2.92. The minimum Gasteiger partial charge on any atom is -0.329 e. The predicted molar refractivity (Wildman–Crippen MR) is 82.9 cm³/mol. The molecule has 1 atom stereocenters. The second kappa shape index (κ2) is 6.25. The summed E-state index contributed by atoms with van der Waals surface area (Å²) in [7, 11) is 0. The Kier molecular flexibility index (Phi) is 4.88. The van der Waals surface area contributed by atoms with Gasteiger partial charge in [-0.25, -0.2) is 9.89 Å². The van der Waals surface area contributed by atoms with Crippen LogP contribution in [0.1, 0.15) is 30.0 Å². The lowest BCUT2D eigenvalue weighted by atomic mass is 10.3. The lowest BCUT2D eigenvalue weighted by Gasteiger charge is -2.14. The van der Waals surface area contributed by atoms with E-state index in [0.29, 0.717) is 11.7 Å². The number of thiophene rings is 1. The molecule has 0 saturated heterocycles. The van der Waals surface area contributed by atoms with E-state index < -0.39 is 0 Å². The van der Waals surface area contributed by atoms with Crippen LogP contribution in [0.2, 0.25) is 0 Å².